The van der Waals surface area contributed by atoms with Crippen molar-refractivity contribution in [3.63, 3.8) is 0 Å². The van der Waals surface area contributed by atoms with Gasteiger partial charge in [-0.1, -0.05) is 13.8 Å². The highest BCUT2D eigenvalue weighted by Gasteiger charge is 2.11. The van der Waals surface area contributed by atoms with E-state index in [0.29, 0.717) is 5.82 Å². The average Bonchev–Trinajstić information content (AvgIpc) is 2.94. The van der Waals surface area contributed by atoms with Crippen LogP contribution in [0.25, 0.3) is 0 Å². The summed E-state index contributed by atoms with van der Waals surface area (Å²) in [5, 5.41) is 11.8. The van der Waals surface area contributed by atoms with Crippen molar-refractivity contribution >= 4 is 23.5 Å². The smallest absolute Gasteiger partial charge is 0.228 e. The molecule has 1 amide bonds. The van der Waals surface area contributed by atoms with Gasteiger partial charge in [0.15, 0.2) is 5.82 Å². The van der Waals surface area contributed by atoms with Crippen molar-refractivity contribution in [3.8, 4) is 0 Å². The third-order valence-electron chi connectivity index (χ3n) is 3.27. The van der Waals surface area contributed by atoms with Crippen LogP contribution in [0.1, 0.15) is 26.7 Å². The van der Waals surface area contributed by atoms with Crippen LogP contribution in [0.15, 0.2) is 17.2 Å². The summed E-state index contributed by atoms with van der Waals surface area (Å²) < 4.78 is 0. The summed E-state index contributed by atoms with van der Waals surface area (Å²) in [5.74, 6) is 1.47. The van der Waals surface area contributed by atoms with Gasteiger partial charge in [0.1, 0.15) is 5.03 Å². The minimum absolute atomic E-state index is 0.0336. The number of carbonyl (C=O) groups is 1. The van der Waals surface area contributed by atoms with E-state index >= 15 is 0 Å². The number of nitrogens with one attached hydrogen (secondary N) is 1. The summed E-state index contributed by atoms with van der Waals surface area (Å²) in [4.78, 5) is 14.0. The van der Waals surface area contributed by atoms with E-state index in [9.17, 15) is 4.79 Å². The highest BCUT2D eigenvalue weighted by atomic mass is 32.2. The molecule has 1 aliphatic rings. The molecule has 2 rings (SSSR count). The van der Waals surface area contributed by atoms with Crippen LogP contribution in [0.5, 0.6) is 0 Å². The number of anilines is 1. The molecule has 0 spiro atoms. The molecule has 1 fully saturated rings. The lowest BCUT2D eigenvalue weighted by molar-refractivity contribution is -0.118. The van der Waals surface area contributed by atoms with Crippen LogP contribution in [-0.2, 0) is 4.79 Å². The van der Waals surface area contributed by atoms with Crippen LogP contribution in [0.2, 0.25) is 0 Å². The maximum atomic E-state index is 11.5. The molecule has 1 aliphatic heterocycles. The van der Waals surface area contributed by atoms with Crippen LogP contribution in [-0.4, -0.2) is 46.4 Å². The van der Waals surface area contributed by atoms with Crippen molar-refractivity contribution < 1.29 is 4.79 Å². The topological polar surface area (TPSA) is 58.1 Å². The number of likely N-dealkylation sites (tertiary alicyclic amines) is 1. The fourth-order valence-electron chi connectivity index (χ4n) is 2.02. The SMILES string of the molecule is CC(C)C(=O)Nc1ccc(SCCN2CCCC2)nn1. The van der Waals surface area contributed by atoms with Crippen LogP contribution < -0.4 is 5.32 Å². The van der Waals surface area contributed by atoms with E-state index < -0.39 is 0 Å². The average molecular weight is 294 g/mol. The van der Waals surface area contributed by atoms with E-state index in [2.05, 4.69) is 20.4 Å². The van der Waals surface area contributed by atoms with E-state index in [1.54, 1.807) is 11.8 Å². The third-order valence-corrected chi connectivity index (χ3v) is 4.17. The van der Waals surface area contributed by atoms with Gasteiger partial charge in [0.2, 0.25) is 5.91 Å². The fourth-order valence-corrected chi connectivity index (χ4v) is 2.84. The molecule has 0 aliphatic carbocycles. The third kappa shape index (κ3) is 4.76. The van der Waals surface area contributed by atoms with Crippen molar-refractivity contribution in [1.29, 1.82) is 0 Å². The van der Waals surface area contributed by atoms with Gasteiger partial charge in [-0.15, -0.1) is 22.0 Å². The van der Waals surface area contributed by atoms with Crippen LogP contribution in [0, 0.1) is 5.92 Å². The Labute approximate surface area is 124 Å². The number of carbonyl (C=O) groups excluding carboxylic acids is 1. The monoisotopic (exact) mass is 294 g/mol. The second-order valence-corrected chi connectivity index (χ2v) is 6.41. The van der Waals surface area contributed by atoms with Crippen LogP contribution in [0.3, 0.4) is 0 Å². The number of thioether (sulfide) groups is 1. The Balaban J connectivity index is 1.74. The lowest BCUT2D eigenvalue weighted by Gasteiger charge is -2.13. The second kappa shape index (κ2) is 7.59. The lowest BCUT2D eigenvalue weighted by Crippen LogP contribution is -2.21. The minimum atomic E-state index is -0.0497. The lowest BCUT2D eigenvalue weighted by atomic mass is 10.2. The first-order chi connectivity index (χ1) is 9.65. The van der Waals surface area contributed by atoms with E-state index in [-0.39, 0.29) is 11.8 Å². The Kier molecular flexibility index (Phi) is 5.79. The van der Waals surface area contributed by atoms with Crippen molar-refractivity contribution in [1.82, 2.24) is 15.1 Å². The Morgan fingerprint density at radius 2 is 2.10 bits per heavy atom. The molecule has 1 aromatic heterocycles. The predicted octanol–water partition coefficient (Wildman–Crippen LogP) is 2.26. The molecule has 6 heteroatoms. The first-order valence-corrected chi connectivity index (χ1v) is 8.13. The molecule has 0 radical (unpaired) electrons. The van der Waals surface area contributed by atoms with Gasteiger partial charge >= 0.3 is 0 Å². The minimum Gasteiger partial charge on any atom is -0.309 e. The zero-order chi connectivity index (χ0) is 14.4. The second-order valence-electron chi connectivity index (χ2n) is 5.30. The Hall–Kier alpha value is -1.14. The largest absolute Gasteiger partial charge is 0.309 e. The first kappa shape index (κ1) is 15.3. The van der Waals surface area contributed by atoms with Gasteiger partial charge in [0.05, 0.1) is 0 Å². The molecule has 0 unspecified atom stereocenters. The van der Waals surface area contributed by atoms with Gasteiger partial charge in [-0.25, -0.2) is 0 Å². The Morgan fingerprint density at radius 1 is 1.35 bits per heavy atom. The van der Waals surface area contributed by atoms with E-state index in [0.717, 1.165) is 17.3 Å². The summed E-state index contributed by atoms with van der Waals surface area (Å²) in [6.45, 7) is 7.27. The van der Waals surface area contributed by atoms with Gasteiger partial charge in [-0.05, 0) is 38.1 Å². The van der Waals surface area contributed by atoms with Gasteiger partial charge in [0, 0.05) is 18.2 Å². The molecule has 110 valence electrons. The van der Waals surface area contributed by atoms with Gasteiger partial charge < -0.3 is 10.2 Å². The number of hydrogen-bond acceptors (Lipinski definition) is 5. The molecule has 0 atom stereocenters. The molecule has 1 saturated heterocycles. The highest BCUT2D eigenvalue weighted by molar-refractivity contribution is 7.99. The highest BCUT2D eigenvalue weighted by Crippen LogP contribution is 2.17. The van der Waals surface area contributed by atoms with Gasteiger partial charge in [0.25, 0.3) is 0 Å². The molecule has 1 aromatic rings. The summed E-state index contributed by atoms with van der Waals surface area (Å²) in [6, 6.07) is 3.73. The molecule has 0 bridgehead atoms. The van der Waals surface area contributed by atoms with E-state index in [1.807, 2.05) is 26.0 Å². The molecular formula is C14H22N4OS. The summed E-state index contributed by atoms with van der Waals surface area (Å²) >= 11 is 1.71. The zero-order valence-corrected chi connectivity index (χ0v) is 12.9. The molecule has 20 heavy (non-hydrogen) atoms. The molecule has 5 nitrogen and oxygen atoms in total. The predicted molar refractivity (Wildman–Crippen MR) is 81.9 cm³/mol. The van der Waals surface area contributed by atoms with E-state index in [4.69, 9.17) is 0 Å². The number of amides is 1. The summed E-state index contributed by atoms with van der Waals surface area (Å²) in [7, 11) is 0. The van der Waals surface area contributed by atoms with Crippen molar-refractivity contribution in [3.05, 3.63) is 12.1 Å². The Morgan fingerprint density at radius 3 is 2.70 bits per heavy atom. The maximum Gasteiger partial charge on any atom is 0.228 e. The van der Waals surface area contributed by atoms with Crippen molar-refractivity contribution in [2.24, 2.45) is 5.92 Å². The fraction of sp³-hybridized carbons (Fsp3) is 0.643. The standard InChI is InChI=1S/C14H22N4OS/c1-11(2)14(19)15-12-5-6-13(17-16-12)20-10-9-18-7-3-4-8-18/h5-6,11H,3-4,7-10H2,1-2H3,(H,15,16,19). The first-order valence-electron chi connectivity index (χ1n) is 7.15. The molecular weight excluding hydrogens is 272 g/mol. The number of hydrogen-bond donors (Lipinski definition) is 1. The molecule has 0 aromatic carbocycles. The number of aromatic nitrogens is 2. The summed E-state index contributed by atoms with van der Waals surface area (Å²) in [5.41, 5.74) is 0. The van der Waals surface area contributed by atoms with Crippen molar-refractivity contribution in [2.45, 2.75) is 31.7 Å². The normalized spacial score (nSPS) is 15.8. The zero-order valence-electron chi connectivity index (χ0n) is 12.1. The maximum absolute atomic E-state index is 11.5. The van der Waals surface area contributed by atoms with Gasteiger partial charge in [-0.2, -0.15) is 0 Å². The molecule has 2 heterocycles. The van der Waals surface area contributed by atoms with E-state index in [1.165, 1.54) is 25.9 Å². The van der Waals surface area contributed by atoms with Crippen LogP contribution in [0.4, 0.5) is 5.82 Å². The quantitative estimate of drug-likeness (QED) is 0.816. The number of rotatable bonds is 6. The summed E-state index contributed by atoms with van der Waals surface area (Å²) in [6.07, 6.45) is 2.66. The van der Waals surface area contributed by atoms with Crippen molar-refractivity contribution in [2.75, 3.05) is 30.7 Å². The molecule has 1 N–H and O–H groups in total. The number of nitrogens with zero attached hydrogens (tertiary/aromatic N) is 3. The Bertz CT molecular complexity index is 429. The molecule has 0 saturated carbocycles. The van der Waals surface area contributed by atoms with Gasteiger partial charge in [-0.3, -0.25) is 4.79 Å². The van der Waals surface area contributed by atoms with Crippen LogP contribution >= 0.6 is 11.8 Å².